The molecule has 1 amide bonds. The molecule has 0 radical (unpaired) electrons. The largest absolute Gasteiger partial charge is 0.366 e. The number of primary amides is 1. The maximum Gasteiger partial charge on any atom is 0.323 e. The molecule has 2 aromatic rings. The average molecular weight is 260 g/mol. The number of aromatic nitrogens is 3. The van der Waals surface area contributed by atoms with Crippen LogP contribution in [0.25, 0.3) is 0 Å². The van der Waals surface area contributed by atoms with Crippen LogP contribution in [-0.2, 0) is 6.42 Å². The highest BCUT2D eigenvalue weighted by molar-refractivity contribution is 6.14. The minimum Gasteiger partial charge on any atom is -0.366 e. The van der Waals surface area contributed by atoms with Crippen LogP contribution >= 0.6 is 0 Å². The summed E-state index contributed by atoms with van der Waals surface area (Å²) in [4.78, 5) is 43.6. The maximum absolute atomic E-state index is 12.3. The number of H-pyrrole nitrogens is 2. The van der Waals surface area contributed by atoms with Crippen molar-refractivity contribution in [2.75, 3.05) is 0 Å². The minimum atomic E-state index is -0.743. The van der Waals surface area contributed by atoms with Gasteiger partial charge >= 0.3 is 5.69 Å². The molecule has 0 spiro atoms. The number of nitrogens with zero attached hydrogens (tertiary/aromatic N) is 1. The van der Waals surface area contributed by atoms with Gasteiger partial charge in [0, 0.05) is 23.7 Å². The fourth-order valence-electron chi connectivity index (χ4n) is 1.80. The van der Waals surface area contributed by atoms with Crippen LogP contribution in [0.15, 0.2) is 23.3 Å². The summed E-state index contributed by atoms with van der Waals surface area (Å²) < 4.78 is 0. The Morgan fingerprint density at radius 1 is 1.32 bits per heavy atom. The number of rotatable bonds is 4. The Bertz CT molecular complexity index is 699. The van der Waals surface area contributed by atoms with Gasteiger partial charge in [-0.05, 0) is 12.5 Å². The summed E-state index contributed by atoms with van der Waals surface area (Å²) in [7, 11) is 0. The summed E-state index contributed by atoms with van der Waals surface area (Å²) in [6.07, 6.45) is 3.10. The number of hydrogen-bond acceptors (Lipinski definition) is 4. The summed E-state index contributed by atoms with van der Waals surface area (Å²) in [5.41, 5.74) is 5.50. The first kappa shape index (κ1) is 12.7. The van der Waals surface area contributed by atoms with Crippen molar-refractivity contribution in [2.24, 2.45) is 5.73 Å². The van der Waals surface area contributed by atoms with Crippen LogP contribution in [0.5, 0.6) is 0 Å². The number of pyridine rings is 1. The fourth-order valence-corrected chi connectivity index (χ4v) is 1.80. The Morgan fingerprint density at radius 2 is 2.05 bits per heavy atom. The highest BCUT2D eigenvalue weighted by atomic mass is 16.2. The van der Waals surface area contributed by atoms with Gasteiger partial charge in [-0.3, -0.25) is 14.6 Å². The molecule has 0 aromatic carbocycles. The zero-order valence-corrected chi connectivity index (χ0v) is 10.2. The lowest BCUT2D eigenvalue weighted by atomic mass is 10.0. The summed E-state index contributed by atoms with van der Waals surface area (Å²) in [6, 6.07) is 1.40. The highest BCUT2D eigenvalue weighted by Gasteiger charge is 2.20. The quantitative estimate of drug-likeness (QED) is 0.669. The smallest absolute Gasteiger partial charge is 0.323 e. The van der Waals surface area contributed by atoms with E-state index in [0.29, 0.717) is 12.1 Å². The third-order valence-corrected chi connectivity index (χ3v) is 2.72. The van der Waals surface area contributed by atoms with Crippen LogP contribution in [-0.4, -0.2) is 26.6 Å². The van der Waals surface area contributed by atoms with E-state index in [-0.39, 0.29) is 16.8 Å². The second kappa shape index (κ2) is 4.89. The normalized spacial score (nSPS) is 10.4. The van der Waals surface area contributed by atoms with E-state index in [1.807, 2.05) is 0 Å². The van der Waals surface area contributed by atoms with Gasteiger partial charge in [0.25, 0.3) is 5.91 Å². The second-order valence-electron chi connectivity index (χ2n) is 3.90. The molecule has 4 N–H and O–H groups in total. The van der Waals surface area contributed by atoms with Crippen molar-refractivity contribution in [3.63, 3.8) is 0 Å². The maximum atomic E-state index is 12.3. The number of ketones is 1. The zero-order valence-electron chi connectivity index (χ0n) is 10.2. The van der Waals surface area contributed by atoms with Crippen LogP contribution in [0.4, 0.5) is 0 Å². The number of aryl methyl sites for hydroxylation is 1. The number of imidazole rings is 1. The van der Waals surface area contributed by atoms with Crippen molar-refractivity contribution in [3.8, 4) is 0 Å². The standard InChI is InChI=1S/C12H12N4O3/c1-2-8-9(16-12(19)15-8)10(17)6-3-4-14-5-7(6)11(13)18/h3-5H,2H2,1H3,(H2,13,18)(H2,15,16,19). The zero-order chi connectivity index (χ0) is 14.0. The van der Waals surface area contributed by atoms with Crippen LogP contribution in [0, 0.1) is 0 Å². The fraction of sp³-hybridized carbons (Fsp3) is 0.167. The van der Waals surface area contributed by atoms with Crippen LogP contribution in [0.1, 0.15) is 39.0 Å². The van der Waals surface area contributed by atoms with Crippen molar-refractivity contribution in [2.45, 2.75) is 13.3 Å². The van der Waals surface area contributed by atoms with Crippen molar-refractivity contribution in [1.82, 2.24) is 15.0 Å². The molecule has 2 rings (SSSR count). The van der Waals surface area contributed by atoms with Crippen LogP contribution in [0.3, 0.4) is 0 Å². The van der Waals surface area contributed by atoms with E-state index in [4.69, 9.17) is 5.73 Å². The second-order valence-corrected chi connectivity index (χ2v) is 3.90. The Labute approximate surface area is 107 Å². The lowest BCUT2D eigenvalue weighted by Gasteiger charge is -2.04. The van der Waals surface area contributed by atoms with Crippen molar-refractivity contribution in [1.29, 1.82) is 0 Å². The van der Waals surface area contributed by atoms with Gasteiger partial charge in [-0.15, -0.1) is 0 Å². The molecule has 0 saturated heterocycles. The third-order valence-electron chi connectivity index (χ3n) is 2.72. The molecule has 0 saturated carbocycles. The molecule has 7 heteroatoms. The molecule has 19 heavy (non-hydrogen) atoms. The minimum absolute atomic E-state index is 0.0246. The number of carbonyl (C=O) groups is 2. The number of amides is 1. The molecule has 0 aliphatic carbocycles. The van der Waals surface area contributed by atoms with Crippen LogP contribution < -0.4 is 11.4 Å². The first-order chi connectivity index (χ1) is 9.04. The molecule has 0 atom stereocenters. The van der Waals surface area contributed by atoms with E-state index >= 15 is 0 Å². The molecule has 0 unspecified atom stereocenters. The Kier molecular flexibility index (Phi) is 3.28. The highest BCUT2D eigenvalue weighted by Crippen LogP contribution is 2.13. The summed E-state index contributed by atoms with van der Waals surface area (Å²) in [5, 5.41) is 0. The lowest BCUT2D eigenvalue weighted by molar-refractivity contribution is 0.0979. The van der Waals surface area contributed by atoms with Gasteiger partial charge in [-0.25, -0.2) is 4.79 Å². The van der Waals surface area contributed by atoms with Gasteiger partial charge in [-0.1, -0.05) is 6.92 Å². The molecule has 2 aromatic heterocycles. The average Bonchev–Trinajstić information content (AvgIpc) is 2.79. The van der Waals surface area contributed by atoms with E-state index in [0.717, 1.165) is 0 Å². The van der Waals surface area contributed by atoms with E-state index in [1.165, 1.54) is 18.5 Å². The van der Waals surface area contributed by atoms with Gasteiger partial charge in [-0.2, -0.15) is 0 Å². The monoisotopic (exact) mass is 260 g/mol. The molecule has 7 nitrogen and oxygen atoms in total. The predicted molar refractivity (Wildman–Crippen MR) is 67.0 cm³/mol. The third kappa shape index (κ3) is 2.30. The molecule has 98 valence electrons. The van der Waals surface area contributed by atoms with E-state index in [2.05, 4.69) is 15.0 Å². The van der Waals surface area contributed by atoms with E-state index < -0.39 is 17.4 Å². The molecule has 0 fully saturated rings. The number of aromatic amines is 2. The SMILES string of the molecule is CCc1[nH]c(=O)[nH]c1C(=O)c1ccncc1C(N)=O. The number of carbonyl (C=O) groups excluding carboxylic acids is 2. The van der Waals surface area contributed by atoms with E-state index in [1.54, 1.807) is 6.92 Å². The van der Waals surface area contributed by atoms with Crippen molar-refractivity contribution in [3.05, 3.63) is 51.5 Å². The Morgan fingerprint density at radius 3 is 2.68 bits per heavy atom. The number of hydrogen-bond donors (Lipinski definition) is 3. The van der Waals surface area contributed by atoms with E-state index in [9.17, 15) is 14.4 Å². The lowest BCUT2D eigenvalue weighted by Crippen LogP contribution is -2.18. The first-order valence-electron chi connectivity index (χ1n) is 5.64. The molecular formula is C12H12N4O3. The molecule has 0 aliphatic heterocycles. The van der Waals surface area contributed by atoms with Gasteiger partial charge in [0.1, 0.15) is 5.69 Å². The summed E-state index contributed by atoms with van der Waals surface area (Å²) in [6.45, 7) is 1.80. The summed E-state index contributed by atoms with van der Waals surface area (Å²) >= 11 is 0. The van der Waals surface area contributed by atoms with Crippen LogP contribution in [0.2, 0.25) is 0 Å². The Hall–Kier alpha value is -2.70. The van der Waals surface area contributed by atoms with Crippen molar-refractivity contribution >= 4 is 11.7 Å². The Balaban J connectivity index is 2.56. The summed E-state index contributed by atoms with van der Waals surface area (Å²) in [5.74, 6) is -1.21. The first-order valence-corrected chi connectivity index (χ1v) is 5.64. The topological polar surface area (TPSA) is 122 Å². The van der Waals surface area contributed by atoms with Gasteiger partial charge in [0.05, 0.1) is 5.56 Å². The number of nitrogens with one attached hydrogen (secondary N) is 2. The van der Waals surface area contributed by atoms with Gasteiger partial charge < -0.3 is 15.7 Å². The molecule has 2 heterocycles. The van der Waals surface area contributed by atoms with Crippen molar-refractivity contribution < 1.29 is 9.59 Å². The number of nitrogens with two attached hydrogens (primary N) is 1. The molecular weight excluding hydrogens is 248 g/mol. The molecule has 0 aliphatic rings. The van der Waals surface area contributed by atoms with Gasteiger partial charge in [0.15, 0.2) is 0 Å². The molecule has 0 bridgehead atoms. The van der Waals surface area contributed by atoms with Gasteiger partial charge in [0.2, 0.25) is 5.78 Å². The predicted octanol–water partition coefficient (Wildman–Crippen LogP) is -0.00970.